The Morgan fingerprint density at radius 1 is 1.05 bits per heavy atom. The summed E-state index contributed by atoms with van der Waals surface area (Å²) in [7, 11) is 0. The molecule has 0 amide bonds. The van der Waals surface area contributed by atoms with Gasteiger partial charge in [-0.15, -0.1) is 0 Å². The largest absolute Gasteiger partial charge is 0.396 e. The molecule has 2 rings (SSSR count). The summed E-state index contributed by atoms with van der Waals surface area (Å²) >= 11 is 0. The average Bonchev–Trinajstić information content (AvgIpc) is 2.46. The van der Waals surface area contributed by atoms with E-state index in [0.717, 1.165) is 5.56 Å². The summed E-state index contributed by atoms with van der Waals surface area (Å²) in [6.45, 7) is -0.374. The highest BCUT2D eigenvalue weighted by Gasteiger charge is 2.28. The molecule has 0 radical (unpaired) electrons. The van der Waals surface area contributed by atoms with Gasteiger partial charge in [-0.3, -0.25) is 0 Å². The zero-order valence-corrected chi connectivity index (χ0v) is 11.6. The van der Waals surface area contributed by atoms with E-state index in [0.29, 0.717) is 6.61 Å². The number of benzene rings is 1. The third kappa shape index (κ3) is 3.46. The Balaban J connectivity index is 1.77. The monoisotopic (exact) mass is 278 g/mol. The van der Waals surface area contributed by atoms with Crippen molar-refractivity contribution in [1.82, 2.24) is 0 Å². The van der Waals surface area contributed by atoms with Gasteiger partial charge in [0, 0.05) is 0 Å². The van der Waals surface area contributed by atoms with E-state index >= 15 is 0 Å². The van der Waals surface area contributed by atoms with Crippen LogP contribution >= 0.6 is 0 Å². The van der Waals surface area contributed by atoms with Crippen LogP contribution in [0.25, 0.3) is 6.08 Å². The Kier molecular flexibility index (Phi) is 5.31. The highest BCUT2D eigenvalue weighted by molar-refractivity contribution is 5.53. The van der Waals surface area contributed by atoms with E-state index in [1.54, 1.807) is 0 Å². The van der Waals surface area contributed by atoms with Crippen molar-refractivity contribution >= 4 is 6.08 Å². The first-order valence-electron chi connectivity index (χ1n) is 6.92. The van der Waals surface area contributed by atoms with E-state index < -0.39 is 5.41 Å². The molecule has 1 aliphatic rings. The summed E-state index contributed by atoms with van der Waals surface area (Å²) in [6, 6.07) is 6.44. The molecule has 0 aromatic heterocycles. The summed E-state index contributed by atoms with van der Waals surface area (Å²) < 4.78 is 5.39. The maximum atomic E-state index is 9.16. The van der Waals surface area contributed by atoms with E-state index in [-0.39, 0.29) is 26.4 Å². The van der Waals surface area contributed by atoms with Crippen molar-refractivity contribution in [1.29, 1.82) is 0 Å². The van der Waals surface area contributed by atoms with Crippen molar-refractivity contribution in [2.24, 2.45) is 5.41 Å². The molecular formula is C16H22O4. The Morgan fingerprint density at radius 3 is 2.30 bits per heavy atom. The minimum absolute atomic E-state index is 0.130. The second kappa shape index (κ2) is 6.99. The molecule has 0 atom stereocenters. The van der Waals surface area contributed by atoms with Crippen LogP contribution in [0, 0.1) is 5.41 Å². The lowest BCUT2D eigenvalue weighted by Gasteiger charge is -2.26. The van der Waals surface area contributed by atoms with Crippen LogP contribution in [-0.4, -0.2) is 48.4 Å². The molecular weight excluding hydrogens is 256 g/mol. The SMILES string of the molecule is OCC(CO)(CO)COC/C=C/c1ccc2c(c1)CC2. The van der Waals surface area contributed by atoms with Crippen LogP contribution in [-0.2, 0) is 17.6 Å². The molecule has 0 saturated heterocycles. The Morgan fingerprint density at radius 2 is 1.75 bits per heavy atom. The molecule has 3 N–H and O–H groups in total. The van der Waals surface area contributed by atoms with Crippen molar-refractivity contribution in [3.05, 3.63) is 41.0 Å². The van der Waals surface area contributed by atoms with Gasteiger partial charge in [-0.1, -0.05) is 30.4 Å². The van der Waals surface area contributed by atoms with Gasteiger partial charge < -0.3 is 20.1 Å². The lowest BCUT2D eigenvalue weighted by Crippen LogP contribution is -2.38. The number of hydrogen-bond acceptors (Lipinski definition) is 4. The van der Waals surface area contributed by atoms with Crippen molar-refractivity contribution < 1.29 is 20.1 Å². The molecule has 4 heteroatoms. The standard InChI is InChI=1S/C16H22O4/c17-9-16(10-18,11-19)12-20-7-1-2-13-3-4-14-5-6-15(14)8-13/h1-4,8,17-19H,5-7,9-12H2/b2-1+. The third-order valence-electron chi connectivity index (χ3n) is 3.83. The predicted octanol–water partition coefficient (Wildman–Crippen LogP) is 0.778. The molecule has 4 nitrogen and oxygen atoms in total. The molecule has 0 saturated carbocycles. The van der Waals surface area contributed by atoms with Crippen LogP contribution in [0.3, 0.4) is 0 Å². The number of ether oxygens (including phenoxy) is 1. The summed E-state index contributed by atoms with van der Waals surface area (Å²) in [5.74, 6) is 0. The number of aliphatic hydroxyl groups is 3. The Labute approximate surface area is 119 Å². The minimum atomic E-state index is -0.955. The van der Waals surface area contributed by atoms with Crippen LogP contribution in [0.1, 0.15) is 16.7 Å². The fourth-order valence-electron chi connectivity index (χ4n) is 2.13. The molecule has 1 aromatic rings. The molecule has 20 heavy (non-hydrogen) atoms. The summed E-state index contributed by atoms with van der Waals surface area (Å²) in [5, 5.41) is 27.5. The number of hydrogen-bond donors (Lipinski definition) is 3. The lowest BCUT2D eigenvalue weighted by molar-refractivity contribution is -0.0523. The van der Waals surface area contributed by atoms with Crippen molar-refractivity contribution in [2.75, 3.05) is 33.0 Å². The smallest absolute Gasteiger partial charge is 0.0651 e. The molecule has 0 unspecified atom stereocenters. The van der Waals surface area contributed by atoms with E-state index in [9.17, 15) is 0 Å². The quantitative estimate of drug-likeness (QED) is 0.615. The Hall–Kier alpha value is -1.20. The van der Waals surface area contributed by atoms with E-state index in [1.807, 2.05) is 12.2 Å². The second-order valence-corrected chi connectivity index (χ2v) is 5.42. The molecule has 0 spiro atoms. The van der Waals surface area contributed by atoms with E-state index in [1.165, 1.54) is 24.0 Å². The number of fused-ring (bicyclic) bond motifs is 1. The fourth-order valence-corrected chi connectivity index (χ4v) is 2.13. The van der Waals surface area contributed by atoms with Crippen LogP contribution < -0.4 is 0 Å². The first kappa shape index (κ1) is 15.2. The highest BCUT2D eigenvalue weighted by Crippen LogP contribution is 2.24. The fraction of sp³-hybridized carbons (Fsp3) is 0.500. The molecule has 0 aliphatic heterocycles. The zero-order valence-electron chi connectivity index (χ0n) is 11.6. The van der Waals surface area contributed by atoms with Crippen LogP contribution in [0.5, 0.6) is 0 Å². The minimum Gasteiger partial charge on any atom is -0.396 e. The van der Waals surface area contributed by atoms with Crippen LogP contribution in [0.2, 0.25) is 0 Å². The molecule has 0 bridgehead atoms. The third-order valence-corrected chi connectivity index (χ3v) is 3.83. The zero-order chi connectivity index (χ0) is 14.4. The molecule has 110 valence electrons. The van der Waals surface area contributed by atoms with E-state index in [4.69, 9.17) is 20.1 Å². The van der Waals surface area contributed by atoms with Gasteiger partial charge in [0.1, 0.15) is 0 Å². The van der Waals surface area contributed by atoms with Crippen LogP contribution in [0.4, 0.5) is 0 Å². The van der Waals surface area contributed by atoms with Gasteiger partial charge in [0.25, 0.3) is 0 Å². The van der Waals surface area contributed by atoms with Gasteiger partial charge in [-0.05, 0) is 29.5 Å². The topological polar surface area (TPSA) is 69.9 Å². The molecule has 0 heterocycles. The van der Waals surface area contributed by atoms with Gasteiger partial charge in [-0.25, -0.2) is 0 Å². The van der Waals surface area contributed by atoms with Gasteiger partial charge in [-0.2, -0.15) is 0 Å². The average molecular weight is 278 g/mol. The normalized spacial score (nSPS) is 14.3. The second-order valence-electron chi connectivity index (χ2n) is 5.42. The molecule has 1 aliphatic carbocycles. The first-order valence-corrected chi connectivity index (χ1v) is 6.92. The Bertz CT molecular complexity index is 455. The summed E-state index contributed by atoms with van der Waals surface area (Å²) in [4.78, 5) is 0. The van der Waals surface area contributed by atoms with Gasteiger partial charge >= 0.3 is 0 Å². The maximum absolute atomic E-state index is 9.16. The van der Waals surface area contributed by atoms with Crippen molar-refractivity contribution in [3.8, 4) is 0 Å². The molecule has 1 aromatic carbocycles. The van der Waals surface area contributed by atoms with Gasteiger partial charge in [0.05, 0.1) is 38.4 Å². The van der Waals surface area contributed by atoms with Gasteiger partial charge in [0.15, 0.2) is 0 Å². The number of rotatable bonds is 8. The maximum Gasteiger partial charge on any atom is 0.0651 e. The van der Waals surface area contributed by atoms with Crippen molar-refractivity contribution in [2.45, 2.75) is 12.8 Å². The van der Waals surface area contributed by atoms with E-state index in [2.05, 4.69) is 18.2 Å². The lowest BCUT2D eigenvalue weighted by atomic mass is 9.87. The van der Waals surface area contributed by atoms with Gasteiger partial charge in [0.2, 0.25) is 0 Å². The predicted molar refractivity (Wildman–Crippen MR) is 77.4 cm³/mol. The van der Waals surface area contributed by atoms with Crippen molar-refractivity contribution in [3.63, 3.8) is 0 Å². The molecule has 0 fully saturated rings. The first-order chi connectivity index (χ1) is 9.73. The number of aliphatic hydroxyl groups excluding tert-OH is 3. The van der Waals surface area contributed by atoms with Crippen LogP contribution in [0.15, 0.2) is 24.3 Å². The summed E-state index contributed by atoms with van der Waals surface area (Å²) in [6.07, 6.45) is 6.25. The highest BCUT2D eigenvalue weighted by atomic mass is 16.5. The number of aryl methyl sites for hydroxylation is 2. The summed E-state index contributed by atoms with van der Waals surface area (Å²) in [5.41, 5.74) is 3.07.